The van der Waals surface area contributed by atoms with E-state index in [1.165, 1.54) is 0 Å². The van der Waals surface area contributed by atoms with Crippen molar-refractivity contribution in [1.82, 2.24) is 10.6 Å². The average molecular weight is 300 g/mol. The summed E-state index contributed by atoms with van der Waals surface area (Å²) in [4.78, 5) is 0. The number of aryl methyl sites for hydroxylation is 1. The molecule has 0 saturated heterocycles. The number of aliphatic hydroxyl groups is 4. The third-order valence-electron chi connectivity index (χ3n) is 3.07. The first-order chi connectivity index (χ1) is 9.93. The first-order valence-corrected chi connectivity index (χ1v) is 6.91. The second kappa shape index (κ2) is 8.93. The maximum atomic E-state index is 9.99. The van der Waals surface area contributed by atoms with Crippen LogP contribution in [0.25, 0.3) is 0 Å². The number of nitrogens with one attached hydrogen (secondary N) is 2. The molecule has 0 amide bonds. The zero-order valence-electron chi connectivity index (χ0n) is 12.1. The van der Waals surface area contributed by atoms with Gasteiger partial charge in [-0.1, -0.05) is 13.0 Å². The number of hydrogen-bond acceptors (Lipinski definition) is 7. The largest absolute Gasteiger partial charge is 0.508 e. The highest BCUT2D eigenvalue weighted by Crippen LogP contribution is 2.23. The van der Waals surface area contributed by atoms with E-state index >= 15 is 0 Å². The van der Waals surface area contributed by atoms with Crippen molar-refractivity contribution in [2.75, 3.05) is 13.1 Å². The summed E-state index contributed by atoms with van der Waals surface area (Å²) in [7, 11) is 0. The predicted molar refractivity (Wildman–Crippen MR) is 77.3 cm³/mol. The number of phenols is 1. The highest BCUT2D eigenvalue weighted by Gasteiger charge is 2.09. The Hall–Kier alpha value is -1.22. The summed E-state index contributed by atoms with van der Waals surface area (Å²) in [5, 5.41) is 50.8. The van der Waals surface area contributed by atoms with Gasteiger partial charge in [0, 0.05) is 31.7 Å². The van der Waals surface area contributed by atoms with Crippen LogP contribution in [0.4, 0.5) is 0 Å². The van der Waals surface area contributed by atoms with E-state index < -0.39 is 12.6 Å². The van der Waals surface area contributed by atoms with E-state index in [0.717, 1.165) is 17.5 Å². The van der Waals surface area contributed by atoms with Crippen molar-refractivity contribution in [2.45, 2.75) is 39.0 Å². The van der Waals surface area contributed by atoms with E-state index in [1.54, 1.807) is 6.07 Å². The van der Waals surface area contributed by atoms with Crippen LogP contribution in [-0.2, 0) is 19.5 Å². The molecular formula is C14H24N2O5. The summed E-state index contributed by atoms with van der Waals surface area (Å²) >= 11 is 0. The third kappa shape index (κ3) is 6.38. The maximum Gasteiger partial charge on any atom is 0.164 e. The lowest BCUT2D eigenvalue weighted by Crippen LogP contribution is -2.27. The predicted octanol–water partition coefficient (Wildman–Crippen LogP) is -1.24. The van der Waals surface area contributed by atoms with Gasteiger partial charge in [-0.25, -0.2) is 0 Å². The first kappa shape index (κ1) is 17.8. The molecule has 0 aliphatic heterocycles. The third-order valence-corrected chi connectivity index (χ3v) is 3.07. The smallest absolute Gasteiger partial charge is 0.164 e. The Kier molecular flexibility index (Phi) is 7.58. The van der Waals surface area contributed by atoms with E-state index in [4.69, 9.17) is 20.4 Å². The summed E-state index contributed by atoms with van der Waals surface area (Å²) in [6, 6.07) is 3.50. The van der Waals surface area contributed by atoms with Gasteiger partial charge in [-0.3, -0.25) is 0 Å². The Balaban J connectivity index is 2.71. The molecule has 0 aromatic heterocycles. The van der Waals surface area contributed by atoms with E-state index in [9.17, 15) is 5.11 Å². The molecule has 0 atom stereocenters. The van der Waals surface area contributed by atoms with Gasteiger partial charge in [-0.2, -0.15) is 0 Å². The summed E-state index contributed by atoms with van der Waals surface area (Å²) in [5.74, 6) is 0.119. The minimum absolute atomic E-state index is 0.0264. The number of rotatable bonds is 9. The minimum atomic E-state index is -1.42. The minimum Gasteiger partial charge on any atom is -0.508 e. The lowest BCUT2D eigenvalue weighted by Gasteiger charge is -2.14. The molecule has 1 aromatic carbocycles. The van der Waals surface area contributed by atoms with Crippen LogP contribution in [0.3, 0.4) is 0 Å². The van der Waals surface area contributed by atoms with Crippen molar-refractivity contribution in [3.8, 4) is 5.75 Å². The Morgan fingerprint density at radius 2 is 1.38 bits per heavy atom. The molecule has 7 nitrogen and oxygen atoms in total. The van der Waals surface area contributed by atoms with Gasteiger partial charge >= 0.3 is 0 Å². The Morgan fingerprint density at radius 3 is 1.86 bits per heavy atom. The van der Waals surface area contributed by atoms with Crippen LogP contribution in [-0.4, -0.2) is 51.2 Å². The van der Waals surface area contributed by atoms with Gasteiger partial charge in [0.1, 0.15) is 5.75 Å². The highest BCUT2D eigenvalue weighted by atomic mass is 16.5. The number of aliphatic hydroxyl groups excluding tert-OH is 2. The Morgan fingerprint density at radius 1 is 0.857 bits per heavy atom. The molecule has 1 aromatic rings. The van der Waals surface area contributed by atoms with E-state index in [-0.39, 0.29) is 18.8 Å². The van der Waals surface area contributed by atoms with Gasteiger partial charge in [0.15, 0.2) is 12.6 Å². The van der Waals surface area contributed by atoms with Crippen LogP contribution in [0, 0.1) is 0 Å². The molecule has 0 spiro atoms. The van der Waals surface area contributed by atoms with Gasteiger partial charge in [0.05, 0.1) is 0 Å². The number of phenolic OH excluding ortho intramolecular Hbond substituents is 1. The van der Waals surface area contributed by atoms with E-state index in [2.05, 4.69) is 10.6 Å². The molecule has 1 rings (SSSR count). The average Bonchev–Trinajstić information content (AvgIpc) is 2.40. The van der Waals surface area contributed by atoms with Gasteiger partial charge in [0.2, 0.25) is 0 Å². The molecule has 0 bridgehead atoms. The summed E-state index contributed by atoms with van der Waals surface area (Å²) < 4.78 is 0. The van der Waals surface area contributed by atoms with E-state index in [1.807, 2.05) is 13.0 Å². The van der Waals surface area contributed by atoms with Crippen molar-refractivity contribution in [1.29, 1.82) is 0 Å². The Labute approximate surface area is 123 Å². The topological polar surface area (TPSA) is 125 Å². The van der Waals surface area contributed by atoms with E-state index in [0.29, 0.717) is 18.7 Å². The highest BCUT2D eigenvalue weighted by molar-refractivity contribution is 5.42. The summed E-state index contributed by atoms with van der Waals surface area (Å²) in [6.45, 7) is 2.84. The summed E-state index contributed by atoms with van der Waals surface area (Å²) in [6.07, 6.45) is -2.06. The molecule has 0 unspecified atom stereocenters. The molecule has 21 heavy (non-hydrogen) atoms. The molecule has 0 fully saturated rings. The monoisotopic (exact) mass is 300 g/mol. The number of aromatic hydroxyl groups is 1. The molecular weight excluding hydrogens is 276 g/mol. The fraction of sp³-hybridized carbons (Fsp3) is 0.571. The second-order valence-electron chi connectivity index (χ2n) is 4.83. The van der Waals surface area contributed by atoms with Crippen molar-refractivity contribution in [3.05, 3.63) is 28.8 Å². The van der Waals surface area contributed by atoms with Crippen LogP contribution in [0.2, 0.25) is 0 Å². The number of benzene rings is 1. The van der Waals surface area contributed by atoms with Crippen LogP contribution in [0.15, 0.2) is 12.1 Å². The molecule has 0 radical (unpaired) electrons. The van der Waals surface area contributed by atoms with Gasteiger partial charge in [0.25, 0.3) is 0 Å². The van der Waals surface area contributed by atoms with Crippen LogP contribution < -0.4 is 10.6 Å². The van der Waals surface area contributed by atoms with Crippen molar-refractivity contribution < 1.29 is 25.5 Å². The Bertz CT molecular complexity index is 438. The molecule has 0 aliphatic carbocycles. The van der Waals surface area contributed by atoms with Crippen LogP contribution in [0.1, 0.15) is 23.6 Å². The molecule has 0 aliphatic rings. The lowest BCUT2D eigenvalue weighted by molar-refractivity contribution is -0.0380. The molecule has 7 N–H and O–H groups in total. The molecule has 7 heteroatoms. The quantitative estimate of drug-likeness (QED) is 0.284. The molecule has 120 valence electrons. The van der Waals surface area contributed by atoms with Crippen molar-refractivity contribution >= 4 is 0 Å². The fourth-order valence-corrected chi connectivity index (χ4v) is 2.03. The molecule has 0 heterocycles. The zero-order valence-corrected chi connectivity index (χ0v) is 12.1. The van der Waals surface area contributed by atoms with Crippen molar-refractivity contribution in [2.24, 2.45) is 0 Å². The van der Waals surface area contributed by atoms with Gasteiger partial charge in [-0.15, -0.1) is 0 Å². The van der Waals surface area contributed by atoms with Gasteiger partial charge < -0.3 is 36.2 Å². The van der Waals surface area contributed by atoms with Crippen LogP contribution in [0.5, 0.6) is 5.75 Å². The van der Waals surface area contributed by atoms with Gasteiger partial charge in [-0.05, 0) is 23.6 Å². The zero-order chi connectivity index (χ0) is 15.8. The molecule has 0 saturated carbocycles. The lowest BCUT2D eigenvalue weighted by atomic mass is 10.0. The summed E-state index contributed by atoms with van der Waals surface area (Å²) in [5.41, 5.74) is 2.61. The standard InChI is InChI=1S/C14H24N2O5/c1-2-9-3-11(6-16-8-14(20)21)12(17)4-10(9)5-15-7-13(18)19/h3-4,13-21H,2,5-8H2,1H3. The first-order valence-electron chi connectivity index (χ1n) is 6.91. The van der Waals surface area contributed by atoms with Crippen LogP contribution >= 0.6 is 0 Å². The fourth-order valence-electron chi connectivity index (χ4n) is 2.03. The second-order valence-corrected chi connectivity index (χ2v) is 4.83. The number of hydrogen-bond donors (Lipinski definition) is 7. The maximum absolute atomic E-state index is 9.99. The van der Waals surface area contributed by atoms with Crippen molar-refractivity contribution in [3.63, 3.8) is 0 Å². The normalized spacial score (nSPS) is 11.6. The SMILES string of the molecule is CCc1cc(CNCC(O)O)c(O)cc1CNCC(O)O.